The van der Waals surface area contributed by atoms with Crippen LogP contribution in [0.1, 0.15) is 5.56 Å². The van der Waals surface area contributed by atoms with Crippen LogP contribution in [-0.4, -0.2) is 18.2 Å². The SMILES string of the molecule is COC(=O)Nc1ccc(Nc2cc(C(F)(F)F)ccc2Cl)cn1. The molecule has 1 aromatic heterocycles. The van der Waals surface area contributed by atoms with Crippen LogP contribution in [0.4, 0.5) is 35.2 Å². The maximum absolute atomic E-state index is 12.7. The fraction of sp³-hybridized carbons (Fsp3) is 0.143. The number of hydrogen-bond donors (Lipinski definition) is 2. The van der Waals surface area contributed by atoms with Crippen molar-refractivity contribution in [3.63, 3.8) is 0 Å². The molecule has 1 aromatic carbocycles. The number of ether oxygens (including phenoxy) is 1. The van der Waals surface area contributed by atoms with Crippen LogP contribution >= 0.6 is 11.6 Å². The zero-order chi connectivity index (χ0) is 17.0. The van der Waals surface area contributed by atoms with E-state index in [1.54, 1.807) is 0 Å². The molecule has 0 aliphatic carbocycles. The highest BCUT2D eigenvalue weighted by Gasteiger charge is 2.30. The topological polar surface area (TPSA) is 63.2 Å². The minimum Gasteiger partial charge on any atom is -0.453 e. The Morgan fingerprint density at radius 1 is 1.26 bits per heavy atom. The first-order valence-electron chi connectivity index (χ1n) is 6.24. The Bertz CT molecular complexity index is 705. The number of amides is 1. The van der Waals surface area contributed by atoms with Crippen molar-refractivity contribution in [2.75, 3.05) is 17.7 Å². The quantitative estimate of drug-likeness (QED) is 0.848. The number of carbonyl (C=O) groups is 1. The Morgan fingerprint density at radius 3 is 2.57 bits per heavy atom. The summed E-state index contributed by atoms with van der Waals surface area (Å²) in [7, 11) is 1.21. The van der Waals surface area contributed by atoms with Crippen LogP contribution in [0.25, 0.3) is 0 Å². The second-order valence-corrected chi connectivity index (χ2v) is 4.77. The van der Waals surface area contributed by atoms with E-state index in [0.29, 0.717) is 5.69 Å². The summed E-state index contributed by atoms with van der Waals surface area (Å²) in [5.41, 5.74) is -0.319. The predicted molar refractivity (Wildman–Crippen MR) is 80.0 cm³/mol. The van der Waals surface area contributed by atoms with E-state index in [1.165, 1.54) is 25.4 Å². The van der Waals surface area contributed by atoms with Gasteiger partial charge in [0.25, 0.3) is 0 Å². The maximum Gasteiger partial charge on any atom is 0.416 e. The van der Waals surface area contributed by atoms with Crippen LogP contribution in [0.5, 0.6) is 0 Å². The Labute approximate surface area is 134 Å². The summed E-state index contributed by atoms with van der Waals surface area (Å²) in [5.74, 6) is 0.234. The smallest absolute Gasteiger partial charge is 0.416 e. The van der Waals surface area contributed by atoms with Crippen molar-refractivity contribution < 1.29 is 22.7 Å². The highest BCUT2D eigenvalue weighted by atomic mass is 35.5. The number of rotatable bonds is 3. The molecule has 1 heterocycles. The van der Waals surface area contributed by atoms with E-state index in [4.69, 9.17) is 11.6 Å². The summed E-state index contributed by atoms with van der Waals surface area (Å²) in [5, 5.41) is 5.22. The first-order valence-corrected chi connectivity index (χ1v) is 6.62. The van der Waals surface area contributed by atoms with Crippen molar-refractivity contribution in [2.45, 2.75) is 6.18 Å². The molecular weight excluding hydrogens is 335 g/mol. The largest absolute Gasteiger partial charge is 0.453 e. The number of hydrogen-bond acceptors (Lipinski definition) is 4. The number of carbonyl (C=O) groups excluding carboxylic acids is 1. The number of pyridine rings is 1. The van der Waals surface area contributed by atoms with E-state index in [-0.39, 0.29) is 16.5 Å². The molecule has 0 radical (unpaired) electrons. The third-order valence-electron chi connectivity index (χ3n) is 2.75. The molecular formula is C14H11ClF3N3O2. The molecule has 0 aliphatic heterocycles. The van der Waals surface area contributed by atoms with Crippen molar-refractivity contribution in [3.05, 3.63) is 47.1 Å². The van der Waals surface area contributed by atoms with Crippen LogP contribution in [0.15, 0.2) is 36.5 Å². The molecule has 0 atom stereocenters. The van der Waals surface area contributed by atoms with Crippen LogP contribution in [0.2, 0.25) is 5.02 Å². The summed E-state index contributed by atoms with van der Waals surface area (Å²) < 4.78 is 42.5. The lowest BCUT2D eigenvalue weighted by molar-refractivity contribution is -0.137. The highest BCUT2D eigenvalue weighted by Crippen LogP contribution is 2.34. The van der Waals surface area contributed by atoms with Crippen molar-refractivity contribution in [1.29, 1.82) is 0 Å². The van der Waals surface area contributed by atoms with E-state index >= 15 is 0 Å². The Balaban J connectivity index is 2.17. The Morgan fingerprint density at radius 2 is 2.00 bits per heavy atom. The molecule has 0 spiro atoms. The third-order valence-corrected chi connectivity index (χ3v) is 3.08. The molecule has 2 rings (SSSR count). The van der Waals surface area contributed by atoms with E-state index in [2.05, 4.69) is 20.4 Å². The van der Waals surface area contributed by atoms with Crippen LogP contribution < -0.4 is 10.6 Å². The van der Waals surface area contributed by atoms with Crippen molar-refractivity contribution in [2.24, 2.45) is 0 Å². The number of benzene rings is 1. The number of aromatic nitrogens is 1. The number of methoxy groups -OCH3 is 1. The highest BCUT2D eigenvalue weighted by molar-refractivity contribution is 6.33. The van der Waals surface area contributed by atoms with Gasteiger partial charge in [-0.15, -0.1) is 0 Å². The van der Waals surface area contributed by atoms with Gasteiger partial charge in [0.05, 0.1) is 35.3 Å². The molecule has 122 valence electrons. The molecule has 0 bridgehead atoms. The third kappa shape index (κ3) is 4.49. The number of nitrogens with zero attached hydrogens (tertiary/aromatic N) is 1. The molecule has 0 aliphatic rings. The lowest BCUT2D eigenvalue weighted by Crippen LogP contribution is -2.11. The van der Waals surface area contributed by atoms with Crippen LogP contribution in [0.3, 0.4) is 0 Å². The van der Waals surface area contributed by atoms with Gasteiger partial charge in [-0.2, -0.15) is 13.2 Å². The van der Waals surface area contributed by atoms with Gasteiger partial charge in [-0.3, -0.25) is 5.32 Å². The molecule has 9 heteroatoms. The first-order chi connectivity index (χ1) is 10.8. The molecule has 0 saturated heterocycles. The molecule has 1 amide bonds. The average molecular weight is 346 g/mol. The summed E-state index contributed by atoms with van der Waals surface area (Å²) in [6, 6.07) is 5.95. The van der Waals surface area contributed by atoms with Gasteiger partial charge in [-0.25, -0.2) is 9.78 Å². The van der Waals surface area contributed by atoms with Gasteiger partial charge in [0.1, 0.15) is 5.82 Å². The van der Waals surface area contributed by atoms with Gasteiger partial charge in [0.2, 0.25) is 0 Å². The Kier molecular flexibility index (Phi) is 4.95. The number of anilines is 3. The normalized spacial score (nSPS) is 11.0. The fourth-order valence-corrected chi connectivity index (χ4v) is 1.82. The van der Waals surface area contributed by atoms with E-state index < -0.39 is 17.8 Å². The van der Waals surface area contributed by atoms with Crippen LogP contribution in [0, 0.1) is 0 Å². The van der Waals surface area contributed by atoms with E-state index in [1.807, 2.05) is 0 Å². The zero-order valence-corrected chi connectivity index (χ0v) is 12.5. The minimum atomic E-state index is -4.46. The molecule has 0 unspecified atom stereocenters. The van der Waals surface area contributed by atoms with Gasteiger partial charge < -0.3 is 10.1 Å². The molecule has 2 N–H and O–H groups in total. The van der Waals surface area contributed by atoms with Gasteiger partial charge in [-0.1, -0.05) is 11.6 Å². The first kappa shape index (κ1) is 16.9. The zero-order valence-electron chi connectivity index (χ0n) is 11.7. The fourth-order valence-electron chi connectivity index (χ4n) is 1.65. The molecule has 23 heavy (non-hydrogen) atoms. The Hall–Kier alpha value is -2.48. The van der Waals surface area contributed by atoms with E-state index in [9.17, 15) is 18.0 Å². The molecule has 5 nitrogen and oxygen atoms in total. The summed E-state index contributed by atoms with van der Waals surface area (Å²) in [6.45, 7) is 0. The lowest BCUT2D eigenvalue weighted by Gasteiger charge is -2.12. The summed E-state index contributed by atoms with van der Waals surface area (Å²) in [6.07, 6.45) is -3.81. The second kappa shape index (κ2) is 6.74. The molecule has 2 aromatic rings. The molecule has 0 saturated carbocycles. The van der Waals surface area contributed by atoms with Gasteiger partial charge in [0, 0.05) is 0 Å². The van der Waals surface area contributed by atoms with Crippen LogP contribution in [-0.2, 0) is 10.9 Å². The lowest BCUT2D eigenvalue weighted by atomic mass is 10.2. The van der Waals surface area contributed by atoms with Crippen molar-refractivity contribution in [3.8, 4) is 0 Å². The number of nitrogens with one attached hydrogen (secondary N) is 2. The minimum absolute atomic E-state index is 0.0944. The maximum atomic E-state index is 12.7. The van der Waals surface area contributed by atoms with E-state index in [0.717, 1.165) is 18.2 Å². The van der Waals surface area contributed by atoms with Gasteiger partial charge in [0.15, 0.2) is 0 Å². The monoisotopic (exact) mass is 345 g/mol. The average Bonchev–Trinajstić information content (AvgIpc) is 2.50. The van der Waals surface area contributed by atoms with Crippen molar-refractivity contribution in [1.82, 2.24) is 4.98 Å². The predicted octanol–water partition coefficient (Wildman–Crippen LogP) is 4.68. The van der Waals surface area contributed by atoms with Gasteiger partial charge in [-0.05, 0) is 30.3 Å². The number of alkyl halides is 3. The number of halogens is 4. The molecule has 0 fully saturated rings. The van der Waals surface area contributed by atoms with Crippen molar-refractivity contribution >= 4 is 34.9 Å². The standard InChI is InChI=1S/C14H11ClF3N3O2/c1-23-13(22)21-12-5-3-9(7-19-12)20-11-6-8(14(16,17)18)2-4-10(11)15/h2-7,20H,1H3,(H,19,21,22). The summed E-state index contributed by atoms with van der Waals surface area (Å²) in [4.78, 5) is 14.9. The summed E-state index contributed by atoms with van der Waals surface area (Å²) >= 11 is 5.89. The van der Waals surface area contributed by atoms with Gasteiger partial charge >= 0.3 is 12.3 Å². The second-order valence-electron chi connectivity index (χ2n) is 4.37.